The Kier molecular flexibility index (Phi) is 6.01. The Morgan fingerprint density at radius 1 is 1.24 bits per heavy atom. The third-order valence-electron chi connectivity index (χ3n) is 3.10. The van der Waals surface area contributed by atoms with Gasteiger partial charge in [-0.1, -0.05) is 38.4 Å². The second-order valence-corrected chi connectivity index (χ2v) is 5.52. The average Bonchev–Trinajstić information content (AvgIpc) is 2.27. The van der Waals surface area contributed by atoms with E-state index >= 15 is 0 Å². The highest BCUT2D eigenvalue weighted by atomic mass is 35.5. The smallest absolute Gasteiger partial charge is 0.0409 e. The summed E-state index contributed by atoms with van der Waals surface area (Å²) in [7, 11) is 0. The summed E-state index contributed by atoms with van der Waals surface area (Å²) in [6, 6.07) is 6.61. The fourth-order valence-corrected chi connectivity index (χ4v) is 2.28. The van der Waals surface area contributed by atoms with Gasteiger partial charge in [0.05, 0.1) is 0 Å². The van der Waals surface area contributed by atoms with Crippen LogP contribution in [-0.2, 0) is 0 Å². The minimum Gasteiger partial charge on any atom is -0.310 e. The highest BCUT2D eigenvalue weighted by molar-refractivity contribution is 6.30. The Bertz CT molecular complexity index is 347. The molecule has 0 bridgehead atoms. The largest absolute Gasteiger partial charge is 0.310 e. The van der Waals surface area contributed by atoms with E-state index in [2.05, 4.69) is 45.1 Å². The van der Waals surface area contributed by atoms with Crippen LogP contribution in [0.15, 0.2) is 18.2 Å². The fraction of sp³-hybridized carbons (Fsp3) is 0.600. The summed E-state index contributed by atoms with van der Waals surface area (Å²) in [4.78, 5) is 0. The van der Waals surface area contributed by atoms with Gasteiger partial charge in [-0.05, 0) is 55.5 Å². The maximum Gasteiger partial charge on any atom is 0.0409 e. The first-order chi connectivity index (χ1) is 8.04. The molecule has 0 fully saturated rings. The molecule has 96 valence electrons. The molecule has 1 N–H and O–H groups in total. The highest BCUT2D eigenvalue weighted by Crippen LogP contribution is 2.26. The van der Waals surface area contributed by atoms with Crippen molar-refractivity contribution in [3.05, 3.63) is 34.3 Å². The van der Waals surface area contributed by atoms with Crippen LogP contribution in [0.3, 0.4) is 0 Å². The second kappa shape index (κ2) is 7.03. The van der Waals surface area contributed by atoms with Crippen molar-refractivity contribution in [2.45, 2.75) is 46.6 Å². The van der Waals surface area contributed by atoms with E-state index < -0.39 is 0 Å². The molecule has 17 heavy (non-hydrogen) atoms. The van der Waals surface area contributed by atoms with Crippen molar-refractivity contribution in [1.29, 1.82) is 0 Å². The van der Waals surface area contributed by atoms with E-state index in [4.69, 9.17) is 11.6 Å². The molecule has 0 heterocycles. The number of benzene rings is 1. The lowest BCUT2D eigenvalue weighted by molar-refractivity contribution is 0.447. The number of aryl methyl sites for hydroxylation is 1. The van der Waals surface area contributed by atoms with E-state index in [1.807, 2.05) is 6.07 Å². The maximum absolute atomic E-state index is 6.10. The molecular weight excluding hydrogens is 230 g/mol. The van der Waals surface area contributed by atoms with E-state index in [1.54, 1.807) is 0 Å². The molecule has 0 aromatic heterocycles. The first-order valence-corrected chi connectivity index (χ1v) is 6.91. The second-order valence-electron chi connectivity index (χ2n) is 5.08. The summed E-state index contributed by atoms with van der Waals surface area (Å²) in [5, 5.41) is 4.40. The third kappa shape index (κ3) is 4.69. The third-order valence-corrected chi connectivity index (χ3v) is 3.34. The zero-order chi connectivity index (χ0) is 12.8. The topological polar surface area (TPSA) is 12.0 Å². The molecule has 0 aliphatic heterocycles. The van der Waals surface area contributed by atoms with Crippen molar-refractivity contribution in [3.63, 3.8) is 0 Å². The molecule has 0 aliphatic rings. The predicted molar refractivity (Wildman–Crippen MR) is 76.7 cm³/mol. The molecule has 1 aromatic carbocycles. The van der Waals surface area contributed by atoms with Gasteiger partial charge in [0.1, 0.15) is 0 Å². The number of halogens is 1. The SMILES string of the molecule is CCNC(CCC(C)C)c1cc(Cl)ccc1C. The molecule has 1 atom stereocenters. The molecule has 1 unspecified atom stereocenters. The van der Waals surface area contributed by atoms with E-state index in [0.717, 1.165) is 17.5 Å². The molecule has 1 rings (SSSR count). The average molecular weight is 254 g/mol. The Labute approximate surface area is 111 Å². The Hall–Kier alpha value is -0.530. The first-order valence-electron chi connectivity index (χ1n) is 6.54. The van der Waals surface area contributed by atoms with Crippen molar-refractivity contribution in [3.8, 4) is 0 Å². The minimum absolute atomic E-state index is 0.432. The number of hydrogen-bond acceptors (Lipinski definition) is 1. The van der Waals surface area contributed by atoms with Crippen molar-refractivity contribution in [2.75, 3.05) is 6.54 Å². The lowest BCUT2D eigenvalue weighted by atomic mass is 9.94. The molecule has 2 heteroatoms. The van der Waals surface area contributed by atoms with Gasteiger partial charge in [-0.15, -0.1) is 0 Å². The molecule has 0 saturated heterocycles. The van der Waals surface area contributed by atoms with Crippen LogP contribution in [0.25, 0.3) is 0 Å². The van der Waals surface area contributed by atoms with Crippen LogP contribution >= 0.6 is 11.6 Å². The van der Waals surface area contributed by atoms with Gasteiger partial charge in [0.25, 0.3) is 0 Å². The van der Waals surface area contributed by atoms with Crippen LogP contribution < -0.4 is 5.32 Å². The highest BCUT2D eigenvalue weighted by Gasteiger charge is 2.13. The van der Waals surface area contributed by atoms with Gasteiger partial charge in [0, 0.05) is 11.1 Å². The molecule has 0 aliphatic carbocycles. The van der Waals surface area contributed by atoms with Crippen molar-refractivity contribution < 1.29 is 0 Å². The summed E-state index contributed by atoms with van der Waals surface area (Å²) in [6.45, 7) is 9.85. The van der Waals surface area contributed by atoms with Crippen LogP contribution in [0.2, 0.25) is 5.02 Å². The van der Waals surface area contributed by atoms with Gasteiger partial charge in [-0.2, -0.15) is 0 Å². The van der Waals surface area contributed by atoms with Gasteiger partial charge < -0.3 is 5.32 Å². The number of hydrogen-bond donors (Lipinski definition) is 1. The van der Waals surface area contributed by atoms with Crippen molar-refractivity contribution in [1.82, 2.24) is 5.32 Å². The lowest BCUT2D eigenvalue weighted by Gasteiger charge is -2.21. The summed E-state index contributed by atoms with van der Waals surface area (Å²) in [6.07, 6.45) is 2.41. The van der Waals surface area contributed by atoms with Gasteiger partial charge in [-0.3, -0.25) is 0 Å². The summed E-state index contributed by atoms with van der Waals surface area (Å²) >= 11 is 6.10. The maximum atomic E-state index is 6.10. The molecule has 0 saturated carbocycles. The summed E-state index contributed by atoms with van der Waals surface area (Å²) in [5.74, 6) is 0.746. The molecule has 0 radical (unpaired) electrons. The van der Waals surface area contributed by atoms with Crippen LogP contribution in [0.4, 0.5) is 0 Å². The Balaban J connectivity index is 2.84. The van der Waals surface area contributed by atoms with Crippen LogP contribution in [0, 0.1) is 12.8 Å². The molecular formula is C15H24ClN. The lowest BCUT2D eigenvalue weighted by Crippen LogP contribution is -2.22. The monoisotopic (exact) mass is 253 g/mol. The quantitative estimate of drug-likeness (QED) is 0.773. The molecule has 1 nitrogen and oxygen atoms in total. The van der Waals surface area contributed by atoms with Gasteiger partial charge in [0.2, 0.25) is 0 Å². The van der Waals surface area contributed by atoms with Crippen LogP contribution in [-0.4, -0.2) is 6.54 Å². The standard InChI is InChI=1S/C15H24ClN/c1-5-17-15(9-6-11(2)3)14-10-13(16)8-7-12(14)4/h7-8,10-11,15,17H,5-6,9H2,1-4H3. The van der Waals surface area contributed by atoms with E-state index in [1.165, 1.54) is 24.0 Å². The van der Waals surface area contributed by atoms with Crippen molar-refractivity contribution in [2.24, 2.45) is 5.92 Å². The summed E-state index contributed by atoms with van der Waals surface area (Å²) in [5.41, 5.74) is 2.67. The van der Waals surface area contributed by atoms with Crippen LogP contribution in [0.5, 0.6) is 0 Å². The zero-order valence-electron chi connectivity index (χ0n) is 11.4. The number of nitrogens with one attached hydrogen (secondary N) is 1. The number of rotatable bonds is 6. The van der Waals surface area contributed by atoms with Gasteiger partial charge in [0.15, 0.2) is 0 Å². The Morgan fingerprint density at radius 2 is 1.94 bits per heavy atom. The fourth-order valence-electron chi connectivity index (χ4n) is 2.10. The molecule has 0 amide bonds. The van der Waals surface area contributed by atoms with Crippen LogP contribution in [0.1, 0.15) is 50.8 Å². The zero-order valence-corrected chi connectivity index (χ0v) is 12.1. The minimum atomic E-state index is 0.432. The van der Waals surface area contributed by atoms with E-state index in [-0.39, 0.29) is 0 Å². The van der Waals surface area contributed by atoms with E-state index in [0.29, 0.717) is 6.04 Å². The van der Waals surface area contributed by atoms with Gasteiger partial charge in [-0.25, -0.2) is 0 Å². The normalized spacial score (nSPS) is 13.1. The molecule has 1 aromatic rings. The predicted octanol–water partition coefficient (Wildman–Crippen LogP) is 4.74. The summed E-state index contributed by atoms with van der Waals surface area (Å²) < 4.78 is 0. The molecule has 0 spiro atoms. The Morgan fingerprint density at radius 3 is 2.53 bits per heavy atom. The van der Waals surface area contributed by atoms with Crippen molar-refractivity contribution >= 4 is 11.6 Å². The van der Waals surface area contributed by atoms with E-state index in [9.17, 15) is 0 Å². The first kappa shape index (κ1) is 14.5. The van der Waals surface area contributed by atoms with Gasteiger partial charge >= 0.3 is 0 Å².